The molecule has 8 heteroatoms. The third kappa shape index (κ3) is 4.12. The smallest absolute Gasteiger partial charge is 0.244 e. The molecule has 0 aromatic heterocycles. The van der Waals surface area contributed by atoms with Crippen molar-refractivity contribution in [1.29, 1.82) is 5.26 Å². The topological polar surface area (TPSA) is 70.4 Å². The summed E-state index contributed by atoms with van der Waals surface area (Å²) in [5.74, 6) is 0. The monoisotopic (exact) mass is 362 g/mol. The SMILES string of the molecule is N#CCCN(CC1CCCO1)S(=O)(=O)c1ccc(Cl)cc1Cl. The number of nitriles is 1. The third-order valence-corrected chi connectivity index (χ3v) is 6.00. The molecule has 1 fully saturated rings. The van der Waals surface area contributed by atoms with E-state index in [0.29, 0.717) is 11.6 Å². The summed E-state index contributed by atoms with van der Waals surface area (Å²) in [5.41, 5.74) is 0. The van der Waals surface area contributed by atoms with E-state index >= 15 is 0 Å². The standard InChI is InChI=1S/C14H16Cl2N2O3S/c15-11-4-5-14(13(16)9-11)22(19,20)18(7-2-6-17)10-12-3-1-8-21-12/h4-5,9,12H,1-3,7-8,10H2. The van der Waals surface area contributed by atoms with Crippen LogP contribution in [-0.2, 0) is 14.8 Å². The zero-order valence-electron chi connectivity index (χ0n) is 11.8. The summed E-state index contributed by atoms with van der Waals surface area (Å²) in [5, 5.41) is 9.20. The highest BCUT2D eigenvalue weighted by Crippen LogP contribution is 2.28. The lowest BCUT2D eigenvalue weighted by molar-refractivity contribution is 0.0941. The predicted octanol–water partition coefficient (Wildman–Crippen LogP) is 3.08. The first-order chi connectivity index (χ1) is 10.4. The van der Waals surface area contributed by atoms with Crippen LogP contribution in [0, 0.1) is 11.3 Å². The molecule has 0 N–H and O–H groups in total. The summed E-state index contributed by atoms with van der Waals surface area (Å²) in [6.07, 6.45) is 1.70. The minimum absolute atomic E-state index is 0.00509. The van der Waals surface area contributed by atoms with Crippen LogP contribution in [0.5, 0.6) is 0 Å². The Balaban J connectivity index is 2.28. The summed E-state index contributed by atoms with van der Waals surface area (Å²) in [6.45, 7) is 0.971. The largest absolute Gasteiger partial charge is 0.377 e. The van der Waals surface area contributed by atoms with E-state index in [2.05, 4.69) is 0 Å². The fourth-order valence-electron chi connectivity index (χ4n) is 2.32. The molecule has 2 rings (SSSR count). The van der Waals surface area contributed by atoms with Gasteiger partial charge in [-0.3, -0.25) is 0 Å². The lowest BCUT2D eigenvalue weighted by Crippen LogP contribution is -2.38. The Morgan fingerprint density at radius 1 is 1.41 bits per heavy atom. The van der Waals surface area contributed by atoms with Gasteiger partial charge in [0.25, 0.3) is 0 Å². The Morgan fingerprint density at radius 3 is 2.77 bits per heavy atom. The van der Waals surface area contributed by atoms with Gasteiger partial charge in [-0.2, -0.15) is 9.57 Å². The van der Waals surface area contributed by atoms with Crippen molar-refractivity contribution in [2.24, 2.45) is 0 Å². The van der Waals surface area contributed by atoms with Gasteiger partial charge in [0.2, 0.25) is 10.0 Å². The lowest BCUT2D eigenvalue weighted by atomic mass is 10.2. The average Bonchev–Trinajstić information content (AvgIpc) is 2.95. The van der Waals surface area contributed by atoms with Crippen molar-refractivity contribution < 1.29 is 13.2 Å². The molecule has 0 radical (unpaired) electrons. The second kappa shape index (κ2) is 7.62. The Bertz CT molecular complexity index is 667. The molecule has 0 saturated carbocycles. The predicted molar refractivity (Wildman–Crippen MR) is 84.4 cm³/mol. The van der Waals surface area contributed by atoms with Crippen molar-refractivity contribution in [3.05, 3.63) is 28.2 Å². The van der Waals surface area contributed by atoms with Gasteiger partial charge in [0.1, 0.15) is 4.90 Å². The highest BCUT2D eigenvalue weighted by atomic mass is 35.5. The van der Waals surface area contributed by atoms with Crippen LogP contribution >= 0.6 is 23.2 Å². The van der Waals surface area contributed by atoms with Gasteiger partial charge in [0.15, 0.2) is 0 Å². The molecule has 0 amide bonds. The molecular formula is C14H16Cl2N2O3S. The first kappa shape index (κ1) is 17.5. The summed E-state index contributed by atoms with van der Waals surface area (Å²) in [4.78, 5) is -0.00509. The van der Waals surface area contributed by atoms with E-state index in [0.717, 1.165) is 12.8 Å². The number of hydrogen-bond donors (Lipinski definition) is 0. The molecule has 1 aromatic carbocycles. The van der Waals surface area contributed by atoms with Crippen LogP contribution < -0.4 is 0 Å². The zero-order chi connectivity index (χ0) is 16.2. The molecular weight excluding hydrogens is 347 g/mol. The number of hydrogen-bond acceptors (Lipinski definition) is 4. The van der Waals surface area contributed by atoms with E-state index in [-0.39, 0.29) is 35.5 Å². The fourth-order valence-corrected chi connectivity index (χ4v) is 4.54. The third-order valence-electron chi connectivity index (χ3n) is 3.42. The van der Waals surface area contributed by atoms with Crippen molar-refractivity contribution in [2.45, 2.75) is 30.3 Å². The number of ether oxygens (including phenoxy) is 1. The van der Waals surface area contributed by atoms with Crippen LogP contribution in [-0.4, -0.2) is 38.5 Å². The number of halogens is 2. The molecule has 22 heavy (non-hydrogen) atoms. The Kier molecular flexibility index (Phi) is 6.07. The average molecular weight is 363 g/mol. The molecule has 0 bridgehead atoms. The highest BCUT2D eigenvalue weighted by Gasteiger charge is 2.30. The van der Waals surface area contributed by atoms with E-state index in [1.165, 1.54) is 22.5 Å². The first-order valence-corrected chi connectivity index (χ1v) is 9.08. The van der Waals surface area contributed by atoms with Crippen LogP contribution in [0.4, 0.5) is 0 Å². The Hall–Kier alpha value is -0.840. The molecule has 5 nitrogen and oxygen atoms in total. The van der Waals surface area contributed by atoms with Gasteiger partial charge in [-0.15, -0.1) is 0 Å². The second-order valence-corrected chi connectivity index (χ2v) is 7.73. The molecule has 1 saturated heterocycles. The molecule has 0 spiro atoms. The van der Waals surface area contributed by atoms with Crippen molar-refractivity contribution in [3.8, 4) is 6.07 Å². The van der Waals surface area contributed by atoms with Crippen LogP contribution in [0.1, 0.15) is 19.3 Å². The Labute approximate surface area is 140 Å². The molecule has 120 valence electrons. The van der Waals surface area contributed by atoms with Gasteiger partial charge in [0, 0.05) is 31.1 Å². The first-order valence-electron chi connectivity index (χ1n) is 6.89. The van der Waals surface area contributed by atoms with Gasteiger partial charge in [-0.05, 0) is 31.0 Å². The molecule has 1 aliphatic rings. The number of sulfonamides is 1. The van der Waals surface area contributed by atoms with Gasteiger partial charge < -0.3 is 4.74 Å². The lowest BCUT2D eigenvalue weighted by Gasteiger charge is -2.24. The number of nitrogens with zero attached hydrogens (tertiary/aromatic N) is 2. The number of rotatable bonds is 6. The van der Waals surface area contributed by atoms with Gasteiger partial charge in [-0.25, -0.2) is 8.42 Å². The van der Waals surface area contributed by atoms with Crippen molar-refractivity contribution in [3.63, 3.8) is 0 Å². The van der Waals surface area contributed by atoms with Crippen LogP contribution in [0.15, 0.2) is 23.1 Å². The maximum absolute atomic E-state index is 12.8. The zero-order valence-corrected chi connectivity index (χ0v) is 14.2. The molecule has 1 aromatic rings. The summed E-state index contributed by atoms with van der Waals surface area (Å²) >= 11 is 11.8. The summed E-state index contributed by atoms with van der Waals surface area (Å²) in [6, 6.07) is 6.23. The quantitative estimate of drug-likeness (QED) is 0.779. The van der Waals surface area contributed by atoms with Gasteiger partial charge in [-0.1, -0.05) is 23.2 Å². The van der Waals surface area contributed by atoms with E-state index in [4.69, 9.17) is 33.2 Å². The van der Waals surface area contributed by atoms with E-state index < -0.39 is 10.0 Å². The van der Waals surface area contributed by atoms with Crippen molar-refractivity contribution in [1.82, 2.24) is 4.31 Å². The van der Waals surface area contributed by atoms with Crippen LogP contribution in [0.2, 0.25) is 10.0 Å². The number of benzene rings is 1. The van der Waals surface area contributed by atoms with E-state index in [1.54, 1.807) is 0 Å². The van der Waals surface area contributed by atoms with E-state index in [1.807, 2.05) is 6.07 Å². The van der Waals surface area contributed by atoms with E-state index in [9.17, 15) is 8.42 Å². The van der Waals surface area contributed by atoms with Crippen LogP contribution in [0.25, 0.3) is 0 Å². The molecule has 1 heterocycles. The molecule has 1 aliphatic heterocycles. The minimum Gasteiger partial charge on any atom is -0.377 e. The fraction of sp³-hybridized carbons (Fsp3) is 0.500. The summed E-state index contributed by atoms with van der Waals surface area (Å²) < 4.78 is 32.3. The van der Waals surface area contributed by atoms with Crippen molar-refractivity contribution in [2.75, 3.05) is 19.7 Å². The van der Waals surface area contributed by atoms with Crippen molar-refractivity contribution >= 4 is 33.2 Å². The van der Waals surface area contributed by atoms with Gasteiger partial charge >= 0.3 is 0 Å². The highest BCUT2D eigenvalue weighted by molar-refractivity contribution is 7.89. The second-order valence-electron chi connectivity index (χ2n) is 4.98. The molecule has 1 unspecified atom stereocenters. The summed E-state index contributed by atoms with van der Waals surface area (Å²) in [7, 11) is -3.80. The van der Waals surface area contributed by atoms with Crippen LogP contribution in [0.3, 0.4) is 0 Å². The molecule has 0 aliphatic carbocycles. The maximum Gasteiger partial charge on any atom is 0.244 e. The minimum atomic E-state index is -3.80. The Morgan fingerprint density at radius 2 is 2.18 bits per heavy atom. The molecule has 1 atom stereocenters. The normalized spacial score (nSPS) is 18.5. The van der Waals surface area contributed by atoms with Gasteiger partial charge in [0.05, 0.1) is 17.2 Å². The maximum atomic E-state index is 12.8.